The Labute approximate surface area is 422 Å². The Bertz CT molecular complexity index is 3200. The van der Waals surface area contributed by atoms with E-state index in [0.29, 0.717) is 23.2 Å². The van der Waals surface area contributed by atoms with Crippen LogP contribution in [-0.2, 0) is 16.0 Å². The zero-order valence-electron chi connectivity index (χ0n) is 39.5. The quantitative estimate of drug-likeness (QED) is 0.0802. The Morgan fingerprint density at radius 2 is 0.904 bits per heavy atom. The fraction of sp³-hybridized carbons (Fsp3) is 0.111. The van der Waals surface area contributed by atoms with Crippen molar-refractivity contribution in [3.8, 4) is 40.2 Å². The highest BCUT2D eigenvalue weighted by molar-refractivity contribution is 6.06. The van der Waals surface area contributed by atoms with Crippen LogP contribution in [-0.4, -0.2) is 41.6 Å². The van der Waals surface area contributed by atoms with Crippen molar-refractivity contribution in [2.45, 2.75) is 35.6 Å². The fourth-order valence-corrected chi connectivity index (χ4v) is 10.0. The Kier molecular flexibility index (Phi) is 12.4. The second-order valence-electron chi connectivity index (χ2n) is 17.8. The van der Waals surface area contributed by atoms with E-state index in [2.05, 4.69) is 0 Å². The van der Waals surface area contributed by atoms with Gasteiger partial charge in [0.1, 0.15) is 22.8 Å². The van der Waals surface area contributed by atoms with E-state index in [1.165, 1.54) is 13.2 Å². The molecule has 0 radical (unpaired) electrons. The normalized spacial score (nSPS) is 17.1. The third-order valence-corrected chi connectivity index (χ3v) is 13.5. The molecule has 0 spiro atoms. The molecule has 0 fully saturated rings. The summed E-state index contributed by atoms with van der Waals surface area (Å²) < 4.78 is 40.0. The third kappa shape index (κ3) is 8.37. The molecule has 2 N–H and O–H groups in total. The minimum absolute atomic E-state index is 0.0145. The van der Waals surface area contributed by atoms with Crippen LogP contribution < -0.4 is 28.4 Å². The average Bonchev–Trinajstić information content (AvgIpc) is 3.45. The summed E-state index contributed by atoms with van der Waals surface area (Å²) >= 11 is 0. The largest absolute Gasteiger partial charge is 0.504 e. The van der Waals surface area contributed by atoms with Crippen molar-refractivity contribution in [1.29, 1.82) is 0 Å². The fourth-order valence-electron chi connectivity index (χ4n) is 10.0. The number of ether oxygens (including phenoxy) is 6. The van der Waals surface area contributed by atoms with Crippen LogP contribution in [0, 0.1) is 0 Å². The van der Waals surface area contributed by atoms with E-state index in [4.69, 9.17) is 28.4 Å². The molecule has 360 valence electrons. The van der Waals surface area contributed by atoms with Crippen LogP contribution >= 0.6 is 0 Å². The summed E-state index contributed by atoms with van der Waals surface area (Å²) in [6.07, 6.45) is -4.34. The SMILES string of the molecule is COc1cc(C2Oc3cc([C@H]4Oc5cc(OC(c6ccccc6)(c6ccccc6)c6ccccc6)cc(OC(c6ccccc6)(c6ccccc6)c6ccccc6)c5C(=O)[C@@H]4O)ccc3OC2C=O)ccc1O. The number of carbonyl (C=O) groups excluding carboxylic acids is 2. The van der Waals surface area contributed by atoms with Gasteiger partial charge >= 0.3 is 0 Å². The van der Waals surface area contributed by atoms with Gasteiger partial charge in [0.05, 0.1) is 7.11 Å². The van der Waals surface area contributed by atoms with Gasteiger partial charge in [-0.1, -0.05) is 194 Å². The number of phenolic OH excluding ortho intramolecular Hbond substituents is 1. The summed E-state index contributed by atoms with van der Waals surface area (Å²) in [5.41, 5.74) is 3.13. The number of aliphatic hydroxyl groups excluding tert-OH is 1. The number of phenols is 1. The lowest BCUT2D eigenvalue weighted by Crippen LogP contribution is -2.40. The summed E-state index contributed by atoms with van der Waals surface area (Å²) in [5.74, 6) is 0.458. The lowest BCUT2D eigenvalue weighted by molar-refractivity contribution is -0.119. The molecular formula is C63H48O10. The third-order valence-electron chi connectivity index (χ3n) is 13.5. The van der Waals surface area contributed by atoms with Gasteiger partial charge < -0.3 is 38.6 Å². The standard InChI is InChI=1S/C63H48O10/c1-68-52-36-41(32-34-50(52)65)60-56(40-64)69-51-35-33-42(37-53(51)70-60)61-59(67)58(66)57-54(71-61)38-49(72-62(43-20-8-2-9-21-43,44-22-10-3-11-23-44)45-24-12-4-13-25-45)39-55(57)73-63(46-26-14-5-15-27-46,47-28-16-6-17-29-47)48-30-18-7-19-31-48/h2-40,56,59-61,65,67H,1H3/t56?,59-,60?,61+/m0/s1. The summed E-state index contributed by atoms with van der Waals surface area (Å²) in [5, 5.41) is 22.6. The van der Waals surface area contributed by atoms with Crippen LogP contribution in [0.15, 0.2) is 231 Å². The van der Waals surface area contributed by atoms with Crippen molar-refractivity contribution in [2.75, 3.05) is 7.11 Å². The Hall–Kier alpha value is -9.12. The van der Waals surface area contributed by atoms with E-state index in [9.17, 15) is 15.0 Å². The molecule has 4 atom stereocenters. The molecule has 0 aliphatic carbocycles. The molecule has 2 heterocycles. The highest BCUT2D eigenvalue weighted by atomic mass is 16.6. The first-order valence-corrected chi connectivity index (χ1v) is 23.9. The zero-order valence-corrected chi connectivity index (χ0v) is 39.5. The Morgan fingerprint density at radius 3 is 1.37 bits per heavy atom. The van der Waals surface area contributed by atoms with E-state index >= 15 is 4.79 Å². The lowest BCUT2D eigenvalue weighted by Gasteiger charge is -2.39. The predicted octanol–water partition coefficient (Wildman–Crippen LogP) is 11.9. The van der Waals surface area contributed by atoms with Gasteiger partial charge in [0.25, 0.3) is 0 Å². The molecule has 73 heavy (non-hydrogen) atoms. The molecule has 2 aliphatic heterocycles. The number of rotatable bonds is 14. The average molecular weight is 965 g/mol. The van der Waals surface area contributed by atoms with E-state index in [1.807, 2.05) is 182 Å². The Morgan fingerprint density at radius 1 is 0.466 bits per heavy atom. The van der Waals surface area contributed by atoms with Crippen LogP contribution in [0.4, 0.5) is 0 Å². The molecule has 11 rings (SSSR count). The minimum atomic E-state index is -1.74. The maximum absolute atomic E-state index is 15.3. The second-order valence-corrected chi connectivity index (χ2v) is 17.8. The van der Waals surface area contributed by atoms with Crippen LogP contribution in [0.1, 0.15) is 67.1 Å². The molecule has 9 aromatic carbocycles. The number of carbonyl (C=O) groups is 2. The smallest absolute Gasteiger partial charge is 0.202 e. The number of Topliss-reactive ketones (excluding diaryl/α,β-unsaturated/α-hetero) is 1. The number of aromatic hydroxyl groups is 1. The highest BCUT2D eigenvalue weighted by Gasteiger charge is 2.46. The van der Waals surface area contributed by atoms with Gasteiger partial charge in [-0.25, -0.2) is 0 Å². The zero-order chi connectivity index (χ0) is 49.9. The first-order chi connectivity index (χ1) is 35.8. The van der Waals surface area contributed by atoms with Gasteiger partial charge in [-0.2, -0.15) is 0 Å². The second kappa shape index (κ2) is 19.6. The summed E-state index contributed by atoms with van der Waals surface area (Å²) in [6, 6.07) is 72.2. The van der Waals surface area contributed by atoms with Gasteiger partial charge in [0.2, 0.25) is 5.78 Å². The van der Waals surface area contributed by atoms with Crippen molar-refractivity contribution in [3.63, 3.8) is 0 Å². The number of methoxy groups -OCH3 is 1. The molecule has 2 unspecified atom stereocenters. The number of fused-ring (bicyclic) bond motifs is 2. The highest BCUT2D eigenvalue weighted by Crippen LogP contribution is 2.51. The Balaban J connectivity index is 1.10. The van der Waals surface area contributed by atoms with Crippen LogP contribution in [0.25, 0.3) is 0 Å². The molecule has 9 aromatic rings. The van der Waals surface area contributed by atoms with Gasteiger partial charge in [0.15, 0.2) is 64.9 Å². The number of aldehydes is 1. The van der Waals surface area contributed by atoms with Gasteiger partial charge in [-0.3, -0.25) is 9.59 Å². The molecule has 0 aromatic heterocycles. The molecular weight excluding hydrogens is 917 g/mol. The molecule has 0 bridgehead atoms. The molecule has 2 aliphatic rings. The first-order valence-electron chi connectivity index (χ1n) is 23.9. The molecule has 10 heteroatoms. The summed E-state index contributed by atoms with van der Waals surface area (Å²) in [6.45, 7) is 0. The predicted molar refractivity (Wildman–Crippen MR) is 275 cm³/mol. The van der Waals surface area contributed by atoms with Crippen molar-refractivity contribution in [3.05, 3.63) is 281 Å². The summed E-state index contributed by atoms with van der Waals surface area (Å²) in [7, 11) is 1.42. The maximum Gasteiger partial charge on any atom is 0.202 e. The monoisotopic (exact) mass is 964 g/mol. The van der Waals surface area contributed by atoms with Crippen molar-refractivity contribution < 1.29 is 48.2 Å². The van der Waals surface area contributed by atoms with Crippen molar-refractivity contribution in [1.82, 2.24) is 0 Å². The molecule has 0 amide bonds. The van der Waals surface area contributed by atoms with Crippen molar-refractivity contribution in [2.24, 2.45) is 0 Å². The number of hydrogen-bond acceptors (Lipinski definition) is 10. The van der Waals surface area contributed by atoms with Crippen LogP contribution in [0.5, 0.6) is 40.2 Å². The van der Waals surface area contributed by atoms with Crippen LogP contribution in [0.3, 0.4) is 0 Å². The topological polar surface area (TPSA) is 130 Å². The lowest BCUT2D eigenvalue weighted by atomic mass is 9.79. The number of hydrogen-bond donors (Lipinski definition) is 2. The first kappa shape index (κ1) is 46.3. The van der Waals surface area contributed by atoms with E-state index in [1.54, 1.807) is 42.5 Å². The number of aliphatic hydroxyl groups is 1. The number of ketones is 1. The van der Waals surface area contributed by atoms with Gasteiger partial charge in [-0.05, 0) is 29.8 Å². The summed E-state index contributed by atoms with van der Waals surface area (Å²) in [4.78, 5) is 27.7. The van der Waals surface area contributed by atoms with E-state index in [-0.39, 0.29) is 40.1 Å². The van der Waals surface area contributed by atoms with E-state index in [0.717, 1.165) is 33.4 Å². The molecule has 10 nitrogen and oxygen atoms in total. The van der Waals surface area contributed by atoms with Gasteiger partial charge in [-0.15, -0.1) is 0 Å². The number of benzene rings is 9. The maximum atomic E-state index is 15.3. The van der Waals surface area contributed by atoms with Gasteiger partial charge in [0, 0.05) is 51.1 Å². The van der Waals surface area contributed by atoms with Crippen molar-refractivity contribution >= 4 is 12.1 Å². The molecule has 0 saturated carbocycles. The minimum Gasteiger partial charge on any atom is -0.504 e. The van der Waals surface area contributed by atoms with Crippen LogP contribution in [0.2, 0.25) is 0 Å². The molecule has 0 saturated heterocycles. The van der Waals surface area contributed by atoms with E-state index < -0.39 is 41.4 Å².